The summed E-state index contributed by atoms with van der Waals surface area (Å²) in [6.07, 6.45) is 1.97. The van der Waals surface area contributed by atoms with E-state index in [1.807, 2.05) is 39.0 Å². The van der Waals surface area contributed by atoms with E-state index in [4.69, 9.17) is 9.47 Å². The first-order valence-electron chi connectivity index (χ1n) is 9.31. The van der Waals surface area contributed by atoms with Gasteiger partial charge in [-0.3, -0.25) is 9.69 Å². The molecule has 2 atom stereocenters. The Bertz CT molecular complexity index is 668. The molecule has 0 aliphatic carbocycles. The summed E-state index contributed by atoms with van der Waals surface area (Å²) < 4.78 is 11.2. The van der Waals surface area contributed by atoms with Gasteiger partial charge in [0.15, 0.2) is 0 Å². The fraction of sp³-hybridized carbons (Fsp3) is 0.600. The van der Waals surface area contributed by atoms with Crippen molar-refractivity contribution in [3.63, 3.8) is 0 Å². The first-order chi connectivity index (χ1) is 12.3. The summed E-state index contributed by atoms with van der Waals surface area (Å²) in [5, 5.41) is 3.00. The molecular weight excluding hydrogens is 332 g/mol. The SMILES string of the molecule is CC(C)(C)OC(=O)N1CCCC1C(=O)NCC1COc2ccccc2C1. The highest BCUT2D eigenvalue weighted by molar-refractivity contribution is 5.86. The van der Waals surface area contributed by atoms with Gasteiger partial charge in [0.25, 0.3) is 0 Å². The number of nitrogens with zero attached hydrogens (tertiary/aromatic N) is 1. The number of fused-ring (bicyclic) bond motifs is 1. The predicted octanol–water partition coefficient (Wildman–Crippen LogP) is 2.75. The van der Waals surface area contributed by atoms with Crippen LogP contribution in [0.5, 0.6) is 5.75 Å². The van der Waals surface area contributed by atoms with E-state index >= 15 is 0 Å². The van der Waals surface area contributed by atoms with Crippen LogP contribution in [0.2, 0.25) is 0 Å². The van der Waals surface area contributed by atoms with E-state index in [9.17, 15) is 9.59 Å². The molecule has 0 bridgehead atoms. The number of likely N-dealkylation sites (tertiary alicyclic amines) is 1. The summed E-state index contributed by atoms with van der Waals surface area (Å²) >= 11 is 0. The van der Waals surface area contributed by atoms with Gasteiger partial charge in [-0.25, -0.2) is 4.79 Å². The number of para-hydroxylation sites is 1. The van der Waals surface area contributed by atoms with Crippen LogP contribution in [0.25, 0.3) is 0 Å². The van der Waals surface area contributed by atoms with Crippen LogP contribution in [0.3, 0.4) is 0 Å². The lowest BCUT2D eigenvalue weighted by Gasteiger charge is -2.29. The predicted molar refractivity (Wildman–Crippen MR) is 98.1 cm³/mol. The van der Waals surface area contributed by atoms with E-state index in [1.54, 1.807) is 4.90 Å². The summed E-state index contributed by atoms with van der Waals surface area (Å²) in [5.74, 6) is 1.07. The normalized spacial score (nSPS) is 22.3. The molecule has 1 N–H and O–H groups in total. The standard InChI is InChI=1S/C20H28N2O4/c1-20(2,3)26-19(24)22-10-6-8-16(22)18(23)21-12-14-11-15-7-4-5-9-17(15)25-13-14/h4-5,7,9,14,16H,6,8,10-13H2,1-3H3,(H,21,23). The summed E-state index contributed by atoms with van der Waals surface area (Å²) in [7, 11) is 0. The van der Waals surface area contributed by atoms with Crippen molar-refractivity contribution in [3.05, 3.63) is 29.8 Å². The smallest absolute Gasteiger partial charge is 0.410 e. The Hall–Kier alpha value is -2.24. The molecule has 1 aromatic rings. The van der Waals surface area contributed by atoms with Crippen molar-refractivity contribution in [1.29, 1.82) is 0 Å². The Labute approximate surface area is 154 Å². The third-order valence-electron chi connectivity index (χ3n) is 4.70. The van der Waals surface area contributed by atoms with Crippen LogP contribution in [0.15, 0.2) is 24.3 Å². The molecule has 2 aliphatic rings. The quantitative estimate of drug-likeness (QED) is 0.900. The number of rotatable bonds is 3. The Morgan fingerprint density at radius 3 is 2.85 bits per heavy atom. The Kier molecular flexibility index (Phi) is 5.39. The molecule has 0 radical (unpaired) electrons. The van der Waals surface area contributed by atoms with Gasteiger partial charge in [-0.2, -0.15) is 0 Å². The zero-order valence-corrected chi connectivity index (χ0v) is 15.8. The van der Waals surface area contributed by atoms with Gasteiger partial charge < -0.3 is 14.8 Å². The number of ether oxygens (including phenoxy) is 2. The van der Waals surface area contributed by atoms with Crippen molar-refractivity contribution in [3.8, 4) is 5.75 Å². The molecule has 6 heteroatoms. The van der Waals surface area contributed by atoms with E-state index < -0.39 is 17.7 Å². The summed E-state index contributed by atoms with van der Waals surface area (Å²) in [5.41, 5.74) is 0.613. The van der Waals surface area contributed by atoms with Crippen LogP contribution in [0, 0.1) is 5.92 Å². The highest BCUT2D eigenvalue weighted by Gasteiger charge is 2.36. The number of benzene rings is 1. The first kappa shape index (κ1) is 18.5. The number of nitrogens with one attached hydrogen (secondary N) is 1. The lowest BCUT2D eigenvalue weighted by molar-refractivity contribution is -0.125. The second kappa shape index (κ2) is 7.56. The van der Waals surface area contributed by atoms with Crippen molar-refractivity contribution in [1.82, 2.24) is 10.2 Å². The molecule has 26 heavy (non-hydrogen) atoms. The fourth-order valence-corrected chi connectivity index (χ4v) is 3.46. The molecule has 2 aliphatic heterocycles. The van der Waals surface area contributed by atoms with Gasteiger partial charge in [0, 0.05) is 19.0 Å². The number of hydrogen-bond donors (Lipinski definition) is 1. The molecule has 0 spiro atoms. The molecule has 142 valence electrons. The monoisotopic (exact) mass is 360 g/mol. The maximum atomic E-state index is 12.6. The zero-order valence-electron chi connectivity index (χ0n) is 15.8. The lowest BCUT2D eigenvalue weighted by Crippen LogP contribution is -2.48. The molecule has 0 saturated carbocycles. The van der Waals surface area contributed by atoms with Gasteiger partial charge in [0.05, 0.1) is 6.61 Å². The molecule has 3 rings (SSSR count). The zero-order chi connectivity index (χ0) is 18.7. The van der Waals surface area contributed by atoms with Gasteiger partial charge in [-0.15, -0.1) is 0 Å². The Morgan fingerprint density at radius 1 is 1.31 bits per heavy atom. The third-order valence-corrected chi connectivity index (χ3v) is 4.70. The molecule has 2 heterocycles. The van der Waals surface area contributed by atoms with Crippen molar-refractivity contribution in [2.45, 2.75) is 51.7 Å². The average molecular weight is 360 g/mol. The van der Waals surface area contributed by atoms with Gasteiger partial charge >= 0.3 is 6.09 Å². The third kappa shape index (κ3) is 4.48. The highest BCUT2D eigenvalue weighted by Crippen LogP contribution is 2.26. The number of hydrogen-bond acceptors (Lipinski definition) is 4. The van der Waals surface area contributed by atoms with Crippen molar-refractivity contribution < 1.29 is 19.1 Å². The van der Waals surface area contributed by atoms with Gasteiger partial charge in [0.2, 0.25) is 5.91 Å². The van der Waals surface area contributed by atoms with Crippen LogP contribution >= 0.6 is 0 Å². The van der Waals surface area contributed by atoms with Gasteiger partial charge in [-0.05, 0) is 51.7 Å². The summed E-state index contributed by atoms with van der Waals surface area (Å²) in [6, 6.07) is 7.56. The summed E-state index contributed by atoms with van der Waals surface area (Å²) in [6.45, 7) is 7.20. The molecule has 6 nitrogen and oxygen atoms in total. The molecular formula is C20H28N2O4. The van der Waals surface area contributed by atoms with Crippen LogP contribution in [-0.4, -0.2) is 48.2 Å². The van der Waals surface area contributed by atoms with Crippen molar-refractivity contribution in [2.75, 3.05) is 19.7 Å². The molecule has 0 aromatic heterocycles. The first-order valence-corrected chi connectivity index (χ1v) is 9.31. The Balaban J connectivity index is 1.52. The van der Waals surface area contributed by atoms with E-state index in [-0.39, 0.29) is 11.8 Å². The second-order valence-electron chi connectivity index (χ2n) is 8.07. The maximum Gasteiger partial charge on any atom is 0.410 e. The molecule has 1 fully saturated rings. The minimum Gasteiger partial charge on any atom is -0.493 e. The number of amides is 2. The van der Waals surface area contributed by atoms with E-state index in [2.05, 4.69) is 11.4 Å². The molecule has 2 unspecified atom stereocenters. The molecule has 2 amide bonds. The second-order valence-corrected chi connectivity index (χ2v) is 8.07. The van der Waals surface area contributed by atoms with Gasteiger partial charge in [0.1, 0.15) is 17.4 Å². The van der Waals surface area contributed by atoms with Crippen molar-refractivity contribution in [2.24, 2.45) is 5.92 Å². The largest absolute Gasteiger partial charge is 0.493 e. The van der Waals surface area contributed by atoms with E-state index in [0.717, 1.165) is 18.6 Å². The van der Waals surface area contributed by atoms with Crippen molar-refractivity contribution >= 4 is 12.0 Å². The van der Waals surface area contributed by atoms with Crippen LogP contribution in [0.1, 0.15) is 39.2 Å². The summed E-state index contributed by atoms with van der Waals surface area (Å²) in [4.78, 5) is 26.5. The lowest BCUT2D eigenvalue weighted by atomic mass is 9.96. The van der Waals surface area contributed by atoms with Crippen LogP contribution in [-0.2, 0) is 16.0 Å². The average Bonchev–Trinajstić information content (AvgIpc) is 3.08. The van der Waals surface area contributed by atoms with E-state index in [0.29, 0.717) is 26.1 Å². The molecule has 1 aromatic carbocycles. The van der Waals surface area contributed by atoms with Gasteiger partial charge in [-0.1, -0.05) is 18.2 Å². The minimum atomic E-state index is -0.562. The van der Waals surface area contributed by atoms with Crippen LogP contribution < -0.4 is 10.1 Å². The van der Waals surface area contributed by atoms with E-state index in [1.165, 1.54) is 5.56 Å². The highest BCUT2D eigenvalue weighted by atomic mass is 16.6. The Morgan fingerprint density at radius 2 is 2.08 bits per heavy atom. The number of carbonyl (C=O) groups is 2. The number of carbonyl (C=O) groups excluding carboxylic acids is 2. The fourth-order valence-electron chi connectivity index (χ4n) is 3.46. The minimum absolute atomic E-state index is 0.104. The maximum absolute atomic E-state index is 12.6. The molecule has 1 saturated heterocycles. The topological polar surface area (TPSA) is 67.9 Å². The van der Waals surface area contributed by atoms with Crippen LogP contribution in [0.4, 0.5) is 4.79 Å².